The lowest BCUT2D eigenvalue weighted by Gasteiger charge is -2.01. The highest BCUT2D eigenvalue weighted by molar-refractivity contribution is 7.14. The largest absolute Gasteiger partial charge is 0.288 e. The van der Waals surface area contributed by atoms with Gasteiger partial charge in [-0.25, -0.2) is 0 Å². The highest BCUT2D eigenvalue weighted by Gasteiger charge is 2.11. The van der Waals surface area contributed by atoms with Gasteiger partial charge in [0.05, 0.1) is 4.88 Å². The van der Waals surface area contributed by atoms with E-state index >= 15 is 0 Å². The van der Waals surface area contributed by atoms with Crippen molar-refractivity contribution in [2.24, 2.45) is 0 Å². The molecule has 19 heavy (non-hydrogen) atoms. The van der Waals surface area contributed by atoms with Gasteiger partial charge in [-0.2, -0.15) is 0 Å². The zero-order valence-corrected chi connectivity index (χ0v) is 11.5. The van der Waals surface area contributed by atoms with Crippen LogP contribution in [-0.2, 0) is 6.42 Å². The monoisotopic (exact) mass is 266 g/mol. The van der Waals surface area contributed by atoms with Crippen LogP contribution in [0.4, 0.5) is 0 Å². The Hall–Kier alpha value is -1.93. The van der Waals surface area contributed by atoms with Gasteiger partial charge in [0.25, 0.3) is 0 Å². The Morgan fingerprint density at radius 1 is 1.00 bits per heavy atom. The molecule has 0 atom stereocenters. The molecule has 0 aliphatic carbocycles. The molecule has 0 unspecified atom stereocenters. The lowest BCUT2D eigenvalue weighted by molar-refractivity contribution is 0.104. The molecule has 1 nitrogen and oxygen atoms in total. The maximum atomic E-state index is 12.4. The molecule has 3 rings (SSSR count). The molecule has 0 spiro atoms. The average Bonchev–Trinajstić information content (AvgIpc) is 2.95. The maximum Gasteiger partial charge on any atom is 0.202 e. The lowest BCUT2D eigenvalue weighted by Crippen LogP contribution is -1.97. The number of rotatable bonds is 3. The summed E-state index contributed by atoms with van der Waals surface area (Å²) in [6, 6.07) is 18.0. The predicted octanol–water partition coefficient (Wildman–Crippen LogP) is 4.69. The van der Waals surface area contributed by atoms with Crippen LogP contribution in [0.5, 0.6) is 0 Å². The van der Waals surface area contributed by atoms with Crippen molar-refractivity contribution < 1.29 is 4.79 Å². The Balaban J connectivity index is 2.01. The van der Waals surface area contributed by atoms with Gasteiger partial charge < -0.3 is 0 Å². The van der Waals surface area contributed by atoms with E-state index in [0.29, 0.717) is 0 Å². The fourth-order valence-corrected chi connectivity index (χ4v) is 3.07. The van der Waals surface area contributed by atoms with Crippen molar-refractivity contribution in [1.29, 1.82) is 0 Å². The molecule has 1 aromatic heterocycles. The van der Waals surface area contributed by atoms with Gasteiger partial charge in [0.15, 0.2) is 0 Å². The zero-order valence-electron chi connectivity index (χ0n) is 10.7. The summed E-state index contributed by atoms with van der Waals surface area (Å²) in [6.07, 6.45) is 0.982. The van der Waals surface area contributed by atoms with Crippen LogP contribution in [0.3, 0.4) is 0 Å². The number of ketones is 1. The first kappa shape index (κ1) is 12.1. The molecule has 0 saturated heterocycles. The number of aryl methyl sites for hydroxylation is 1. The van der Waals surface area contributed by atoms with Crippen molar-refractivity contribution in [3.05, 3.63) is 69.9 Å². The second-order valence-electron chi connectivity index (χ2n) is 4.51. The Bertz CT molecular complexity index is 740. The number of hydrogen-bond donors (Lipinski definition) is 0. The quantitative estimate of drug-likeness (QED) is 0.628. The van der Waals surface area contributed by atoms with Crippen LogP contribution >= 0.6 is 11.3 Å². The number of carbonyl (C=O) groups is 1. The highest BCUT2D eigenvalue weighted by atomic mass is 32.1. The van der Waals surface area contributed by atoms with Crippen LogP contribution in [0.25, 0.3) is 10.8 Å². The Morgan fingerprint density at radius 3 is 2.53 bits per heavy atom. The molecule has 3 aromatic rings. The normalized spacial score (nSPS) is 10.8. The van der Waals surface area contributed by atoms with Crippen LogP contribution in [-0.4, -0.2) is 5.78 Å². The van der Waals surface area contributed by atoms with Crippen LogP contribution < -0.4 is 0 Å². The van der Waals surface area contributed by atoms with Gasteiger partial charge in [-0.15, -0.1) is 11.3 Å². The summed E-state index contributed by atoms with van der Waals surface area (Å²) in [7, 11) is 0. The van der Waals surface area contributed by atoms with E-state index in [0.717, 1.165) is 22.2 Å². The standard InChI is InChI=1S/C17H14OS/c1-2-15-9-10-16(19-15)17(18)14-8-7-12-5-3-4-6-13(12)11-14/h3-11H,2H2,1H3. The number of hydrogen-bond acceptors (Lipinski definition) is 2. The summed E-state index contributed by atoms with van der Waals surface area (Å²) in [5, 5.41) is 2.28. The van der Waals surface area contributed by atoms with Gasteiger partial charge in [0, 0.05) is 10.4 Å². The third-order valence-electron chi connectivity index (χ3n) is 3.25. The maximum absolute atomic E-state index is 12.4. The minimum absolute atomic E-state index is 0.121. The SMILES string of the molecule is CCc1ccc(C(=O)c2ccc3ccccc3c2)s1. The Labute approximate surface area is 116 Å². The van der Waals surface area contributed by atoms with Crippen molar-refractivity contribution in [2.45, 2.75) is 13.3 Å². The summed E-state index contributed by atoms with van der Waals surface area (Å²) in [4.78, 5) is 14.5. The van der Waals surface area contributed by atoms with Crippen molar-refractivity contribution in [3.8, 4) is 0 Å². The van der Waals surface area contributed by atoms with E-state index < -0.39 is 0 Å². The van der Waals surface area contributed by atoms with Crippen molar-refractivity contribution in [2.75, 3.05) is 0 Å². The number of thiophene rings is 1. The average molecular weight is 266 g/mol. The molecule has 0 radical (unpaired) electrons. The first-order valence-electron chi connectivity index (χ1n) is 6.40. The fraction of sp³-hybridized carbons (Fsp3) is 0.118. The molecule has 0 amide bonds. The van der Waals surface area contributed by atoms with E-state index in [2.05, 4.69) is 13.0 Å². The van der Waals surface area contributed by atoms with Crippen LogP contribution in [0.2, 0.25) is 0 Å². The van der Waals surface area contributed by atoms with Gasteiger partial charge in [0.1, 0.15) is 0 Å². The Kier molecular flexibility index (Phi) is 3.18. The summed E-state index contributed by atoms with van der Waals surface area (Å²) in [6.45, 7) is 2.11. The van der Waals surface area contributed by atoms with Crippen molar-refractivity contribution >= 4 is 27.9 Å². The fourth-order valence-electron chi connectivity index (χ4n) is 2.16. The first-order valence-corrected chi connectivity index (χ1v) is 7.22. The van der Waals surface area contributed by atoms with Gasteiger partial charge in [-0.1, -0.05) is 43.3 Å². The summed E-state index contributed by atoms with van der Waals surface area (Å²) < 4.78 is 0. The number of carbonyl (C=O) groups excluding carboxylic acids is 1. The van der Waals surface area contributed by atoms with Gasteiger partial charge >= 0.3 is 0 Å². The zero-order chi connectivity index (χ0) is 13.2. The summed E-state index contributed by atoms with van der Waals surface area (Å²) in [5.74, 6) is 0.121. The highest BCUT2D eigenvalue weighted by Crippen LogP contribution is 2.22. The van der Waals surface area contributed by atoms with Crippen LogP contribution in [0.1, 0.15) is 27.0 Å². The summed E-state index contributed by atoms with van der Waals surface area (Å²) in [5.41, 5.74) is 0.767. The summed E-state index contributed by atoms with van der Waals surface area (Å²) >= 11 is 1.59. The molecule has 0 aliphatic rings. The first-order chi connectivity index (χ1) is 9.28. The van der Waals surface area contributed by atoms with E-state index in [4.69, 9.17) is 0 Å². The lowest BCUT2D eigenvalue weighted by atomic mass is 10.0. The molecule has 94 valence electrons. The van der Waals surface area contributed by atoms with Crippen molar-refractivity contribution in [3.63, 3.8) is 0 Å². The molecule has 1 heterocycles. The predicted molar refractivity (Wildman–Crippen MR) is 81.1 cm³/mol. The molecule has 0 N–H and O–H groups in total. The molecule has 2 heteroatoms. The molecule has 0 fully saturated rings. The molecule has 0 aliphatic heterocycles. The molecule has 2 aromatic carbocycles. The second-order valence-corrected chi connectivity index (χ2v) is 5.68. The van der Waals surface area contributed by atoms with E-state index in [1.807, 2.05) is 48.5 Å². The van der Waals surface area contributed by atoms with Gasteiger partial charge in [-0.05, 0) is 35.4 Å². The molecule has 0 saturated carbocycles. The third kappa shape index (κ3) is 2.32. The second kappa shape index (κ2) is 4.98. The topological polar surface area (TPSA) is 17.1 Å². The van der Waals surface area contributed by atoms with Crippen molar-refractivity contribution in [1.82, 2.24) is 0 Å². The minimum atomic E-state index is 0.121. The number of fused-ring (bicyclic) bond motifs is 1. The minimum Gasteiger partial charge on any atom is -0.288 e. The molecular weight excluding hydrogens is 252 g/mol. The van der Waals surface area contributed by atoms with Crippen LogP contribution in [0, 0.1) is 0 Å². The Morgan fingerprint density at radius 2 is 1.79 bits per heavy atom. The van der Waals surface area contributed by atoms with E-state index in [-0.39, 0.29) is 5.78 Å². The van der Waals surface area contributed by atoms with E-state index in [1.54, 1.807) is 11.3 Å². The van der Waals surface area contributed by atoms with Gasteiger partial charge in [-0.3, -0.25) is 4.79 Å². The van der Waals surface area contributed by atoms with E-state index in [9.17, 15) is 4.79 Å². The smallest absolute Gasteiger partial charge is 0.202 e. The molecular formula is C17H14OS. The van der Waals surface area contributed by atoms with Crippen LogP contribution in [0.15, 0.2) is 54.6 Å². The van der Waals surface area contributed by atoms with E-state index in [1.165, 1.54) is 10.3 Å². The molecule has 0 bridgehead atoms. The third-order valence-corrected chi connectivity index (χ3v) is 4.47. The number of benzene rings is 2. The van der Waals surface area contributed by atoms with Gasteiger partial charge in [0.2, 0.25) is 5.78 Å².